The van der Waals surface area contributed by atoms with E-state index < -0.39 is 0 Å². The molecule has 5 aromatic rings. The molecule has 0 aliphatic heterocycles. The van der Waals surface area contributed by atoms with Crippen LogP contribution in [0.1, 0.15) is 31.7 Å². The molecule has 0 amide bonds. The molecule has 1 saturated carbocycles. The van der Waals surface area contributed by atoms with Gasteiger partial charge in [-0.25, -0.2) is 9.37 Å². The molecule has 0 saturated heterocycles. The molecule has 0 atom stereocenters. The lowest BCUT2D eigenvalue weighted by Gasteiger charge is -2.28. The van der Waals surface area contributed by atoms with Gasteiger partial charge in [0, 0.05) is 45.7 Å². The summed E-state index contributed by atoms with van der Waals surface area (Å²) in [5.74, 6) is 0.245. The van der Waals surface area contributed by atoms with E-state index in [0.717, 1.165) is 61.3 Å². The summed E-state index contributed by atoms with van der Waals surface area (Å²) in [5.41, 5.74) is 8.64. The van der Waals surface area contributed by atoms with Gasteiger partial charge in [-0.1, -0.05) is 37.8 Å². The van der Waals surface area contributed by atoms with Gasteiger partial charge in [-0.15, -0.1) is 0 Å². The molecular formula is C32H29FN6. The maximum atomic E-state index is 13.9. The Kier molecular flexibility index (Phi) is 6.40. The van der Waals surface area contributed by atoms with Crippen molar-refractivity contribution < 1.29 is 4.39 Å². The first-order chi connectivity index (χ1) is 19.0. The third-order valence-electron chi connectivity index (χ3n) is 7.43. The molecule has 1 fully saturated rings. The van der Waals surface area contributed by atoms with Crippen molar-refractivity contribution >= 4 is 27.5 Å². The van der Waals surface area contributed by atoms with Crippen molar-refractivity contribution in [1.82, 2.24) is 30.5 Å². The van der Waals surface area contributed by atoms with Gasteiger partial charge in [0.2, 0.25) is 0 Å². The molecule has 1 aliphatic carbocycles. The standard InChI is InChI=1S/C32H29FN6/c1-4-20(13-25(5-2)36-19(3)21-8-6-9-21)23-14-27-31(38-39-32(27)35-16-23)29-15-26-28(17-34-18-30(26)37-29)22-10-7-11-24(33)12-22/h4-5,7,10-18,21,36-37H,2-3,6,8-9H2,1H3,(H,35,38,39)/b20-4+,25-13+. The van der Waals surface area contributed by atoms with E-state index >= 15 is 0 Å². The Hall–Kier alpha value is -4.78. The van der Waals surface area contributed by atoms with E-state index in [0.29, 0.717) is 11.6 Å². The van der Waals surface area contributed by atoms with E-state index in [4.69, 9.17) is 0 Å². The van der Waals surface area contributed by atoms with Crippen molar-refractivity contribution in [3.8, 4) is 22.5 Å². The molecule has 194 valence electrons. The second kappa shape index (κ2) is 10.2. The molecule has 0 radical (unpaired) electrons. The van der Waals surface area contributed by atoms with Crippen molar-refractivity contribution in [2.45, 2.75) is 26.2 Å². The number of hydrogen-bond donors (Lipinski definition) is 3. The number of fused-ring (bicyclic) bond motifs is 2. The van der Waals surface area contributed by atoms with E-state index in [1.807, 2.05) is 31.3 Å². The first-order valence-electron chi connectivity index (χ1n) is 13.1. The maximum absolute atomic E-state index is 13.9. The summed E-state index contributed by atoms with van der Waals surface area (Å²) in [6, 6.07) is 10.7. The number of allylic oxidation sites excluding steroid dienone is 5. The average molecular weight is 517 g/mol. The fourth-order valence-corrected chi connectivity index (χ4v) is 5.02. The Bertz CT molecular complexity index is 1780. The van der Waals surface area contributed by atoms with Crippen molar-refractivity contribution in [2.75, 3.05) is 0 Å². The van der Waals surface area contributed by atoms with Crippen LogP contribution in [-0.4, -0.2) is 25.1 Å². The summed E-state index contributed by atoms with van der Waals surface area (Å²) < 4.78 is 13.9. The highest BCUT2D eigenvalue weighted by atomic mass is 19.1. The van der Waals surface area contributed by atoms with Crippen LogP contribution in [0.5, 0.6) is 0 Å². The SMILES string of the molecule is C=C/C(=C\C(=C/C)c1cnc2[nH]nc(-c3cc4c(-c5cccc(F)c5)cncc4[nH]3)c2c1)NC(=C)C1CCC1. The van der Waals surface area contributed by atoms with Crippen LogP contribution in [0.3, 0.4) is 0 Å². The van der Waals surface area contributed by atoms with Crippen molar-refractivity contribution in [1.29, 1.82) is 0 Å². The van der Waals surface area contributed by atoms with E-state index in [1.54, 1.807) is 18.5 Å². The molecule has 6 nitrogen and oxygen atoms in total. The van der Waals surface area contributed by atoms with E-state index in [-0.39, 0.29) is 5.82 Å². The van der Waals surface area contributed by atoms with Gasteiger partial charge < -0.3 is 10.3 Å². The average Bonchev–Trinajstić information content (AvgIpc) is 3.53. The second-order valence-electron chi connectivity index (χ2n) is 9.86. The van der Waals surface area contributed by atoms with Crippen LogP contribution in [0, 0.1) is 11.7 Å². The first-order valence-corrected chi connectivity index (χ1v) is 13.1. The zero-order valence-corrected chi connectivity index (χ0v) is 21.8. The third-order valence-corrected chi connectivity index (χ3v) is 7.43. The highest BCUT2D eigenvalue weighted by Gasteiger charge is 2.21. The van der Waals surface area contributed by atoms with Crippen LogP contribution in [0.15, 0.2) is 97.8 Å². The number of nitrogens with one attached hydrogen (secondary N) is 3. The highest BCUT2D eigenvalue weighted by molar-refractivity contribution is 6.00. The molecule has 0 spiro atoms. The van der Waals surface area contributed by atoms with Crippen LogP contribution in [0.4, 0.5) is 4.39 Å². The van der Waals surface area contributed by atoms with Gasteiger partial charge in [-0.05, 0) is 73.2 Å². The molecule has 39 heavy (non-hydrogen) atoms. The van der Waals surface area contributed by atoms with E-state index in [1.165, 1.54) is 31.4 Å². The summed E-state index contributed by atoms with van der Waals surface area (Å²) >= 11 is 0. The van der Waals surface area contributed by atoms with Gasteiger partial charge >= 0.3 is 0 Å². The third kappa shape index (κ3) is 4.68. The lowest BCUT2D eigenvalue weighted by molar-refractivity contribution is 0.356. The van der Waals surface area contributed by atoms with Crippen LogP contribution in [-0.2, 0) is 0 Å². The van der Waals surface area contributed by atoms with Crippen molar-refractivity contribution in [3.05, 3.63) is 109 Å². The molecule has 4 aromatic heterocycles. The van der Waals surface area contributed by atoms with E-state index in [2.05, 4.69) is 61.8 Å². The van der Waals surface area contributed by atoms with Crippen LogP contribution in [0.25, 0.3) is 50.0 Å². The summed E-state index contributed by atoms with van der Waals surface area (Å²) in [7, 11) is 0. The second-order valence-corrected chi connectivity index (χ2v) is 9.86. The van der Waals surface area contributed by atoms with Gasteiger partial charge in [-0.2, -0.15) is 5.10 Å². The van der Waals surface area contributed by atoms with Crippen molar-refractivity contribution in [2.24, 2.45) is 5.92 Å². The lowest BCUT2D eigenvalue weighted by Crippen LogP contribution is -2.23. The maximum Gasteiger partial charge on any atom is 0.155 e. The molecule has 3 N–H and O–H groups in total. The number of hydrogen-bond acceptors (Lipinski definition) is 4. The molecular weight excluding hydrogens is 487 g/mol. The Balaban J connectivity index is 1.37. The number of benzene rings is 1. The molecule has 4 heterocycles. The van der Waals surface area contributed by atoms with Gasteiger partial charge in [0.05, 0.1) is 17.4 Å². The number of aromatic amines is 2. The quantitative estimate of drug-likeness (QED) is 0.185. The Morgan fingerprint density at radius 2 is 2.00 bits per heavy atom. The zero-order valence-electron chi connectivity index (χ0n) is 21.8. The molecule has 0 unspecified atom stereocenters. The number of nitrogens with zero attached hydrogens (tertiary/aromatic N) is 3. The van der Waals surface area contributed by atoms with Gasteiger partial charge in [0.1, 0.15) is 11.5 Å². The minimum absolute atomic E-state index is 0.284. The number of aromatic nitrogens is 5. The summed E-state index contributed by atoms with van der Waals surface area (Å²) in [5, 5.41) is 12.9. The van der Waals surface area contributed by atoms with E-state index in [9.17, 15) is 4.39 Å². The molecule has 1 aromatic carbocycles. The summed E-state index contributed by atoms with van der Waals surface area (Å²) in [6.45, 7) is 10.2. The number of halogens is 1. The molecule has 7 heteroatoms. The first kappa shape index (κ1) is 24.6. The fraction of sp³-hybridized carbons (Fsp3) is 0.156. The Morgan fingerprint density at radius 1 is 1.13 bits per heavy atom. The smallest absolute Gasteiger partial charge is 0.155 e. The van der Waals surface area contributed by atoms with Crippen LogP contribution >= 0.6 is 0 Å². The van der Waals surface area contributed by atoms with Crippen LogP contribution in [0.2, 0.25) is 0 Å². The normalized spacial score (nSPS) is 14.5. The minimum Gasteiger partial charge on any atom is -0.359 e. The monoisotopic (exact) mass is 516 g/mol. The Morgan fingerprint density at radius 3 is 2.74 bits per heavy atom. The molecule has 0 bridgehead atoms. The van der Waals surface area contributed by atoms with Gasteiger partial charge in [-0.3, -0.25) is 10.1 Å². The van der Waals surface area contributed by atoms with Crippen molar-refractivity contribution in [3.63, 3.8) is 0 Å². The summed E-state index contributed by atoms with van der Waals surface area (Å²) in [6.07, 6.45) is 14.9. The van der Waals surface area contributed by atoms with Gasteiger partial charge in [0.25, 0.3) is 0 Å². The van der Waals surface area contributed by atoms with Crippen LogP contribution < -0.4 is 5.32 Å². The number of pyridine rings is 2. The topological polar surface area (TPSA) is 82.3 Å². The zero-order chi connectivity index (χ0) is 26.9. The molecule has 6 rings (SSSR count). The number of rotatable bonds is 8. The predicted octanol–water partition coefficient (Wildman–Crippen LogP) is 7.68. The minimum atomic E-state index is -0.284. The highest BCUT2D eigenvalue weighted by Crippen LogP contribution is 2.35. The molecule has 1 aliphatic rings. The van der Waals surface area contributed by atoms with Gasteiger partial charge in [0.15, 0.2) is 5.65 Å². The summed E-state index contributed by atoms with van der Waals surface area (Å²) in [4.78, 5) is 12.5. The number of H-pyrrole nitrogens is 2. The Labute approximate surface area is 226 Å². The fourth-order valence-electron chi connectivity index (χ4n) is 5.02. The largest absolute Gasteiger partial charge is 0.359 e. The lowest BCUT2D eigenvalue weighted by atomic mass is 9.83. The predicted molar refractivity (Wildman–Crippen MR) is 156 cm³/mol.